The van der Waals surface area contributed by atoms with Crippen LogP contribution in [-0.2, 0) is 10.0 Å². The molecule has 0 saturated carbocycles. The summed E-state index contributed by atoms with van der Waals surface area (Å²) in [5.74, 6) is 0.708. The van der Waals surface area contributed by atoms with Gasteiger partial charge in [-0.3, -0.25) is 0 Å². The Labute approximate surface area is 174 Å². The van der Waals surface area contributed by atoms with Crippen molar-refractivity contribution in [2.75, 3.05) is 7.11 Å². The lowest BCUT2D eigenvalue weighted by molar-refractivity contribution is 0.414. The van der Waals surface area contributed by atoms with Gasteiger partial charge < -0.3 is 4.74 Å². The van der Waals surface area contributed by atoms with Crippen molar-refractivity contribution >= 4 is 23.3 Å². The first kappa shape index (κ1) is 21.3. The van der Waals surface area contributed by atoms with E-state index in [2.05, 4.69) is 29.9 Å². The lowest BCUT2D eigenvalue weighted by atomic mass is 10.2. The van der Waals surface area contributed by atoms with Crippen LogP contribution in [0.4, 0.5) is 0 Å². The summed E-state index contributed by atoms with van der Waals surface area (Å²) in [6.45, 7) is 6.31. The molecule has 0 amide bonds. The zero-order chi connectivity index (χ0) is 21.1. The molecule has 3 aromatic carbocycles. The Morgan fingerprint density at radius 1 is 0.897 bits per heavy atom. The van der Waals surface area contributed by atoms with Crippen LogP contribution in [-0.4, -0.2) is 23.6 Å². The van der Waals surface area contributed by atoms with E-state index in [0.29, 0.717) is 5.75 Å². The van der Waals surface area contributed by atoms with E-state index in [4.69, 9.17) is 4.74 Å². The second-order valence-electron chi connectivity index (χ2n) is 7.73. The minimum atomic E-state index is -3.69. The Morgan fingerprint density at radius 3 is 2.17 bits per heavy atom. The zero-order valence-electron chi connectivity index (χ0n) is 17.2. The van der Waals surface area contributed by atoms with Crippen molar-refractivity contribution in [2.24, 2.45) is 0 Å². The third kappa shape index (κ3) is 4.78. The summed E-state index contributed by atoms with van der Waals surface area (Å²) in [5, 5.41) is 1.18. The summed E-state index contributed by atoms with van der Waals surface area (Å²) < 4.78 is 34.9. The maximum Gasteiger partial charge on any atom is 0.240 e. The number of aryl methyl sites for hydroxylation is 1. The van der Waals surface area contributed by atoms with Crippen LogP contribution in [0.2, 0.25) is 13.1 Å². The fourth-order valence-corrected chi connectivity index (χ4v) is 8.55. The first-order valence-corrected chi connectivity index (χ1v) is 14.1. The van der Waals surface area contributed by atoms with Crippen molar-refractivity contribution in [1.29, 1.82) is 0 Å². The van der Waals surface area contributed by atoms with E-state index in [9.17, 15) is 8.42 Å². The molecule has 0 aliphatic carbocycles. The number of hydrogen-bond donors (Lipinski definition) is 1. The number of ether oxygens (including phenoxy) is 1. The largest absolute Gasteiger partial charge is 0.497 e. The molecule has 0 aliphatic heterocycles. The summed E-state index contributed by atoms with van der Waals surface area (Å²) in [6.07, 6.45) is 0. The van der Waals surface area contributed by atoms with E-state index in [1.807, 2.05) is 61.5 Å². The van der Waals surface area contributed by atoms with Crippen molar-refractivity contribution in [2.45, 2.75) is 30.6 Å². The molecule has 0 aromatic heterocycles. The van der Waals surface area contributed by atoms with Crippen molar-refractivity contribution in [3.05, 3.63) is 90.0 Å². The smallest absolute Gasteiger partial charge is 0.240 e. The quantitative estimate of drug-likeness (QED) is 0.578. The summed E-state index contributed by atoms with van der Waals surface area (Å²) in [6, 6.07) is 24.7. The molecule has 4 nitrogen and oxygen atoms in total. The molecule has 29 heavy (non-hydrogen) atoms. The maximum atomic E-state index is 13.2. The average Bonchev–Trinajstić information content (AvgIpc) is 2.73. The number of sulfonamides is 1. The summed E-state index contributed by atoms with van der Waals surface area (Å²) >= 11 is 0. The zero-order valence-corrected chi connectivity index (χ0v) is 19.0. The van der Waals surface area contributed by atoms with E-state index in [0.717, 1.165) is 11.1 Å². The van der Waals surface area contributed by atoms with Gasteiger partial charge in [0.15, 0.2) is 0 Å². The molecule has 3 aromatic rings. The molecular weight excluding hydrogens is 398 g/mol. The van der Waals surface area contributed by atoms with Gasteiger partial charge in [-0.25, -0.2) is 13.1 Å². The molecule has 0 spiro atoms. The van der Waals surface area contributed by atoms with Gasteiger partial charge >= 0.3 is 0 Å². The number of nitrogens with one attached hydrogen (secondary N) is 1. The lowest BCUT2D eigenvalue weighted by Crippen LogP contribution is -2.54. The Balaban J connectivity index is 2.08. The molecule has 0 unspecified atom stereocenters. The van der Waals surface area contributed by atoms with Gasteiger partial charge in [-0.05, 0) is 36.8 Å². The molecule has 0 aliphatic rings. The predicted octanol–water partition coefficient (Wildman–Crippen LogP) is 4.18. The van der Waals surface area contributed by atoms with Gasteiger partial charge in [0.25, 0.3) is 0 Å². The van der Waals surface area contributed by atoms with Crippen LogP contribution in [0.5, 0.6) is 5.75 Å². The SMILES string of the molecule is COc1cccc([C@H](NS(=O)(=O)c2ccc(C)cc2)[Si](C)(C)c2ccccc2)c1. The molecule has 0 heterocycles. The van der Waals surface area contributed by atoms with Crippen molar-refractivity contribution < 1.29 is 13.2 Å². The Morgan fingerprint density at radius 2 is 1.55 bits per heavy atom. The van der Waals surface area contributed by atoms with E-state index >= 15 is 0 Å². The minimum absolute atomic E-state index is 0.272. The van der Waals surface area contributed by atoms with Crippen LogP contribution >= 0.6 is 0 Å². The Hall–Kier alpha value is -2.41. The van der Waals surface area contributed by atoms with Crippen molar-refractivity contribution in [3.63, 3.8) is 0 Å². The summed E-state index contributed by atoms with van der Waals surface area (Å²) in [5.41, 5.74) is 1.57. The number of benzene rings is 3. The molecule has 152 valence electrons. The molecule has 1 atom stereocenters. The Bertz CT molecular complexity index is 1060. The van der Waals surface area contributed by atoms with E-state index in [-0.39, 0.29) is 10.6 Å². The molecule has 0 radical (unpaired) electrons. The second kappa shape index (κ2) is 8.53. The van der Waals surface area contributed by atoms with E-state index in [1.165, 1.54) is 5.19 Å². The van der Waals surface area contributed by atoms with Gasteiger partial charge in [0.2, 0.25) is 10.0 Å². The first-order chi connectivity index (χ1) is 13.7. The van der Waals surface area contributed by atoms with Gasteiger partial charge in [-0.2, -0.15) is 0 Å². The molecule has 1 N–H and O–H groups in total. The van der Waals surface area contributed by atoms with Gasteiger partial charge in [-0.15, -0.1) is 0 Å². The predicted molar refractivity (Wildman–Crippen MR) is 121 cm³/mol. The van der Waals surface area contributed by atoms with Gasteiger partial charge in [0, 0.05) is 5.67 Å². The highest BCUT2D eigenvalue weighted by atomic mass is 32.2. The normalized spacial score (nSPS) is 13.1. The maximum absolute atomic E-state index is 13.2. The standard InChI is InChI=1S/C23H27NO3SSi/c1-18-13-15-21(16-14-18)28(25,26)24-23(19-9-8-10-20(17-19)27-2)29(3,4)22-11-6-5-7-12-22/h5-17,23-24H,1-4H3/t23-/m1/s1. The fourth-order valence-electron chi connectivity index (χ4n) is 3.43. The number of hydrogen-bond acceptors (Lipinski definition) is 3. The highest BCUT2D eigenvalue weighted by Crippen LogP contribution is 2.29. The van der Waals surface area contributed by atoms with Crippen molar-refractivity contribution in [1.82, 2.24) is 4.72 Å². The molecule has 0 fully saturated rings. The summed E-state index contributed by atoms with van der Waals surface area (Å²) in [7, 11) is -4.36. The number of rotatable bonds is 7. The molecule has 6 heteroatoms. The molecule has 3 rings (SSSR count). The fraction of sp³-hybridized carbons (Fsp3) is 0.217. The van der Waals surface area contributed by atoms with Gasteiger partial charge in [-0.1, -0.05) is 78.4 Å². The molecular formula is C23H27NO3SSi. The highest BCUT2D eigenvalue weighted by Gasteiger charge is 2.38. The van der Waals surface area contributed by atoms with Crippen LogP contribution < -0.4 is 14.6 Å². The van der Waals surface area contributed by atoms with E-state index < -0.39 is 18.1 Å². The highest BCUT2D eigenvalue weighted by molar-refractivity contribution is 7.89. The van der Waals surface area contributed by atoms with Crippen LogP contribution in [0.25, 0.3) is 0 Å². The van der Waals surface area contributed by atoms with Crippen LogP contribution in [0.1, 0.15) is 16.8 Å². The van der Waals surface area contributed by atoms with Gasteiger partial charge in [0.05, 0.1) is 12.0 Å². The Kier molecular flexibility index (Phi) is 6.26. The van der Waals surface area contributed by atoms with Crippen LogP contribution in [0.15, 0.2) is 83.8 Å². The molecule has 0 bridgehead atoms. The van der Waals surface area contributed by atoms with Gasteiger partial charge in [0.1, 0.15) is 13.8 Å². The number of methoxy groups -OCH3 is 1. The lowest BCUT2D eigenvalue weighted by Gasteiger charge is -2.34. The second-order valence-corrected chi connectivity index (χ2v) is 14.0. The first-order valence-electron chi connectivity index (χ1n) is 9.52. The van der Waals surface area contributed by atoms with Crippen molar-refractivity contribution in [3.8, 4) is 5.75 Å². The summed E-state index contributed by atoms with van der Waals surface area (Å²) in [4.78, 5) is 0.272. The third-order valence-electron chi connectivity index (χ3n) is 5.27. The van der Waals surface area contributed by atoms with E-state index in [1.54, 1.807) is 19.2 Å². The molecule has 0 saturated heterocycles. The average molecular weight is 426 g/mol. The topological polar surface area (TPSA) is 55.4 Å². The minimum Gasteiger partial charge on any atom is -0.497 e. The third-order valence-corrected chi connectivity index (χ3v) is 10.7. The van der Waals surface area contributed by atoms with Crippen LogP contribution in [0, 0.1) is 6.92 Å². The monoisotopic (exact) mass is 425 g/mol. The van der Waals surface area contributed by atoms with Crippen LogP contribution in [0.3, 0.4) is 0 Å².